The van der Waals surface area contributed by atoms with Crippen LogP contribution < -0.4 is 0 Å². The Morgan fingerprint density at radius 2 is 1.69 bits per heavy atom. The summed E-state index contributed by atoms with van der Waals surface area (Å²) >= 11 is 0. The minimum Gasteiger partial charge on any atom is -0.396 e. The number of aliphatic hydroxyl groups is 2. The molecule has 0 spiro atoms. The van der Waals surface area contributed by atoms with E-state index in [1.165, 1.54) is 0 Å². The van der Waals surface area contributed by atoms with Gasteiger partial charge in [0.05, 0.1) is 18.8 Å². The highest BCUT2D eigenvalue weighted by atomic mass is 19.3. The van der Waals surface area contributed by atoms with E-state index in [9.17, 15) is 19.0 Å². The van der Waals surface area contributed by atoms with Gasteiger partial charge >= 0.3 is 0 Å². The van der Waals surface area contributed by atoms with E-state index in [1.807, 2.05) is 0 Å². The first-order valence-electron chi connectivity index (χ1n) is 5.72. The predicted molar refractivity (Wildman–Crippen MR) is 53.3 cm³/mol. The third kappa shape index (κ3) is 1.85. The van der Waals surface area contributed by atoms with Gasteiger partial charge in [0.2, 0.25) is 5.92 Å². The molecule has 5 heteroatoms. The van der Waals surface area contributed by atoms with E-state index in [1.54, 1.807) is 0 Å². The minimum atomic E-state index is -2.64. The van der Waals surface area contributed by atoms with Gasteiger partial charge in [0, 0.05) is 31.3 Å². The number of aliphatic hydroxyl groups excluding tert-OH is 1. The largest absolute Gasteiger partial charge is 0.396 e. The van der Waals surface area contributed by atoms with Crippen LogP contribution in [-0.2, 0) is 4.74 Å². The Hall–Kier alpha value is -0.260. The van der Waals surface area contributed by atoms with Crippen LogP contribution in [0.5, 0.6) is 0 Å². The first-order chi connectivity index (χ1) is 7.43. The summed E-state index contributed by atoms with van der Waals surface area (Å²) in [4.78, 5) is 0. The third-order valence-corrected chi connectivity index (χ3v) is 4.23. The molecule has 2 N–H and O–H groups in total. The van der Waals surface area contributed by atoms with Crippen LogP contribution in [0, 0.1) is 5.41 Å². The van der Waals surface area contributed by atoms with Crippen molar-refractivity contribution in [2.24, 2.45) is 5.41 Å². The Kier molecular flexibility index (Phi) is 2.97. The van der Waals surface area contributed by atoms with Crippen LogP contribution in [0.3, 0.4) is 0 Å². The Morgan fingerprint density at radius 3 is 2.12 bits per heavy atom. The maximum Gasteiger partial charge on any atom is 0.248 e. The minimum absolute atomic E-state index is 0.152. The Bertz CT molecular complexity index is 252. The summed E-state index contributed by atoms with van der Waals surface area (Å²) in [5.74, 6) is -2.64. The van der Waals surface area contributed by atoms with Crippen molar-refractivity contribution < 1.29 is 23.7 Å². The standard InChI is InChI=1S/C11H18F2O3/c12-11(13)3-1-9(7-14,2-4-11)10(15)5-6-16-8-10/h14-15H,1-8H2. The zero-order valence-electron chi connectivity index (χ0n) is 9.22. The zero-order chi connectivity index (χ0) is 11.9. The third-order valence-electron chi connectivity index (χ3n) is 4.23. The van der Waals surface area contributed by atoms with Gasteiger partial charge in [0.25, 0.3) is 0 Å². The average Bonchev–Trinajstić information content (AvgIpc) is 2.67. The zero-order valence-corrected chi connectivity index (χ0v) is 9.22. The van der Waals surface area contributed by atoms with Gasteiger partial charge in [-0.1, -0.05) is 0 Å². The van der Waals surface area contributed by atoms with Crippen molar-refractivity contribution in [3.8, 4) is 0 Å². The van der Waals surface area contributed by atoms with Gasteiger partial charge in [-0.3, -0.25) is 0 Å². The van der Waals surface area contributed by atoms with Crippen molar-refractivity contribution in [2.45, 2.75) is 43.6 Å². The highest BCUT2D eigenvalue weighted by molar-refractivity contribution is 5.04. The summed E-state index contributed by atoms with van der Waals surface area (Å²) in [6.45, 7) is 0.344. The first-order valence-corrected chi connectivity index (χ1v) is 5.72. The van der Waals surface area contributed by atoms with Gasteiger partial charge in [0.15, 0.2) is 0 Å². The molecule has 1 heterocycles. The number of hydrogen-bond donors (Lipinski definition) is 2. The topological polar surface area (TPSA) is 49.7 Å². The lowest BCUT2D eigenvalue weighted by molar-refractivity contribution is -0.163. The van der Waals surface area contributed by atoms with Crippen LogP contribution >= 0.6 is 0 Å². The van der Waals surface area contributed by atoms with Crippen LogP contribution in [0.15, 0.2) is 0 Å². The molecule has 1 aliphatic carbocycles. The van der Waals surface area contributed by atoms with Crippen molar-refractivity contribution in [1.82, 2.24) is 0 Å². The van der Waals surface area contributed by atoms with Gasteiger partial charge in [-0.2, -0.15) is 0 Å². The maximum absolute atomic E-state index is 13.1. The number of alkyl halides is 2. The van der Waals surface area contributed by atoms with E-state index in [2.05, 4.69) is 0 Å². The second kappa shape index (κ2) is 3.89. The summed E-state index contributed by atoms with van der Waals surface area (Å²) in [5, 5.41) is 19.9. The van der Waals surface area contributed by atoms with Crippen LogP contribution in [0.2, 0.25) is 0 Å². The number of halogens is 2. The normalized spacial score (nSPS) is 37.5. The van der Waals surface area contributed by atoms with Crippen molar-refractivity contribution in [3.63, 3.8) is 0 Å². The van der Waals surface area contributed by atoms with Gasteiger partial charge in [0.1, 0.15) is 0 Å². The van der Waals surface area contributed by atoms with Crippen LogP contribution in [0.4, 0.5) is 8.78 Å². The van der Waals surface area contributed by atoms with Crippen LogP contribution in [0.25, 0.3) is 0 Å². The van der Waals surface area contributed by atoms with Crippen LogP contribution in [0.1, 0.15) is 32.1 Å². The molecule has 2 aliphatic rings. The maximum atomic E-state index is 13.1. The van der Waals surface area contributed by atoms with Crippen molar-refractivity contribution in [3.05, 3.63) is 0 Å². The van der Waals surface area contributed by atoms with E-state index in [-0.39, 0.29) is 38.9 Å². The predicted octanol–water partition coefficient (Wildman–Crippen LogP) is 1.33. The molecule has 0 amide bonds. The number of ether oxygens (including phenoxy) is 1. The molecule has 0 aromatic carbocycles. The van der Waals surface area contributed by atoms with E-state index in [0.717, 1.165) is 0 Å². The Balaban J connectivity index is 2.15. The summed E-state index contributed by atoms with van der Waals surface area (Å²) in [5.41, 5.74) is -1.93. The molecule has 1 saturated heterocycles. The molecule has 16 heavy (non-hydrogen) atoms. The smallest absolute Gasteiger partial charge is 0.248 e. The fraction of sp³-hybridized carbons (Fsp3) is 1.00. The molecule has 1 aliphatic heterocycles. The van der Waals surface area contributed by atoms with Gasteiger partial charge in [-0.15, -0.1) is 0 Å². The average molecular weight is 236 g/mol. The Labute approximate surface area is 93.4 Å². The molecule has 94 valence electrons. The van der Waals surface area contributed by atoms with Crippen LogP contribution in [-0.4, -0.2) is 41.6 Å². The van der Waals surface area contributed by atoms with E-state index in [0.29, 0.717) is 13.0 Å². The number of rotatable bonds is 2. The van der Waals surface area contributed by atoms with E-state index >= 15 is 0 Å². The van der Waals surface area contributed by atoms with E-state index in [4.69, 9.17) is 4.74 Å². The van der Waals surface area contributed by atoms with Gasteiger partial charge < -0.3 is 14.9 Å². The highest BCUT2D eigenvalue weighted by Gasteiger charge is 2.56. The summed E-state index contributed by atoms with van der Waals surface area (Å²) in [7, 11) is 0. The summed E-state index contributed by atoms with van der Waals surface area (Å²) in [6, 6.07) is 0. The molecule has 0 radical (unpaired) electrons. The first kappa shape index (κ1) is 12.2. The van der Waals surface area contributed by atoms with Crippen molar-refractivity contribution >= 4 is 0 Å². The molecule has 3 nitrogen and oxygen atoms in total. The lowest BCUT2D eigenvalue weighted by Crippen LogP contribution is -2.54. The SMILES string of the molecule is OCC1(C2(O)CCOC2)CCC(F)(F)CC1. The lowest BCUT2D eigenvalue weighted by Gasteiger charge is -2.47. The molecule has 1 unspecified atom stereocenters. The molecule has 1 atom stereocenters. The second-order valence-electron chi connectivity index (χ2n) is 5.13. The molecule has 2 rings (SSSR count). The molecule has 2 fully saturated rings. The van der Waals surface area contributed by atoms with Gasteiger partial charge in [-0.05, 0) is 12.8 Å². The second-order valence-corrected chi connectivity index (χ2v) is 5.13. The summed E-state index contributed by atoms with van der Waals surface area (Å²) in [6.07, 6.45) is 0.248. The lowest BCUT2D eigenvalue weighted by atomic mass is 9.62. The molecule has 1 saturated carbocycles. The van der Waals surface area contributed by atoms with Crippen molar-refractivity contribution in [2.75, 3.05) is 19.8 Å². The monoisotopic (exact) mass is 236 g/mol. The quantitative estimate of drug-likeness (QED) is 0.760. The molecule has 0 bridgehead atoms. The molecule has 0 aromatic rings. The summed E-state index contributed by atoms with van der Waals surface area (Å²) < 4.78 is 31.3. The molecule has 0 aromatic heterocycles. The van der Waals surface area contributed by atoms with Gasteiger partial charge in [-0.25, -0.2) is 8.78 Å². The Morgan fingerprint density at radius 1 is 1.06 bits per heavy atom. The molecular formula is C11H18F2O3. The fourth-order valence-electron chi connectivity index (χ4n) is 2.84. The van der Waals surface area contributed by atoms with E-state index < -0.39 is 16.9 Å². The molecular weight excluding hydrogens is 218 g/mol. The number of hydrogen-bond acceptors (Lipinski definition) is 3. The fourth-order valence-corrected chi connectivity index (χ4v) is 2.84. The highest BCUT2D eigenvalue weighted by Crippen LogP contribution is 2.51. The van der Waals surface area contributed by atoms with Crippen molar-refractivity contribution in [1.29, 1.82) is 0 Å².